The van der Waals surface area contributed by atoms with E-state index in [1.165, 1.54) is 0 Å². The monoisotopic (exact) mass is 142 g/mol. The average Bonchev–Trinajstić information content (AvgIpc) is 0.918. The van der Waals surface area contributed by atoms with Crippen LogP contribution in [0.2, 0.25) is 0 Å². The second kappa shape index (κ2) is 25.1. The first-order valence-electron chi connectivity index (χ1n) is 0.644. The van der Waals surface area contributed by atoms with E-state index in [1.54, 1.807) is 0 Å². The summed E-state index contributed by atoms with van der Waals surface area (Å²) in [7, 11) is 0. The maximum absolute atomic E-state index is 8.69. The molecule has 0 aromatic rings. The van der Waals surface area contributed by atoms with Crippen molar-refractivity contribution in [3.8, 4) is 0 Å². The van der Waals surface area contributed by atoms with Crippen LogP contribution in [0.3, 0.4) is 0 Å². The van der Waals surface area contributed by atoms with Gasteiger partial charge in [0, 0.05) is 0 Å². The van der Waals surface area contributed by atoms with E-state index < -0.39 is 0 Å². The summed E-state index contributed by atoms with van der Waals surface area (Å²) >= 11 is 0. The van der Waals surface area contributed by atoms with Crippen molar-refractivity contribution in [3.05, 3.63) is 6.92 Å². The summed E-state index contributed by atoms with van der Waals surface area (Å²) in [5.74, 6) is 0. The van der Waals surface area contributed by atoms with Crippen molar-refractivity contribution in [2.45, 2.75) is 0 Å². The predicted molar refractivity (Wildman–Crippen MR) is 11.4 cm³/mol. The van der Waals surface area contributed by atoms with Crippen molar-refractivity contribution in [2.24, 2.45) is 0 Å². The Bertz CT molecular complexity index is 17.1. The molecule has 0 saturated carbocycles. The van der Waals surface area contributed by atoms with E-state index in [0.29, 0.717) is 6.29 Å². The van der Waals surface area contributed by atoms with Crippen LogP contribution in [0.1, 0.15) is 0 Å². The van der Waals surface area contributed by atoms with Crippen LogP contribution in [0.5, 0.6) is 0 Å². The van der Waals surface area contributed by atoms with Crippen molar-refractivity contribution in [3.63, 3.8) is 0 Å². The summed E-state index contributed by atoms with van der Waals surface area (Å²) in [4.78, 5) is 8.69. The van der Waals surface area contributed by atoms with E-state index in [2.05, 4.69) is 6.92 Å². The molecular formula is C2H3ClOZn. The molecule has 0 heterocycles. The zero-order valence-electron chi connectivity index (χ0n) is 2.78. The van der Waals surface area contributed by atoms with E-state index in [0.717, 1.165) is 0 Å². The van der Waals surface area contributed by atoms with Gasteiger partial charge in [-0.2, -0.15) is 0 Å². The molecule has 0 aromatic carbocycles. The van der Waals surface area contributed by atoms with Gasteiger partial charge in [0.15, 0.2) is 0 Å². The van der Waals surface area contributed by atoms with E-state index in [9.17, 15) is 0 Å². The normalized spacial score (nSPS) is 2.40. The number of carbonyl (C=O) groups is 1. The fraction of sp³-hybridized carbons (Fsp3) is 0. The van der Waals surface area contributed by atoms with Crippen LogP contribution < -0.4 is 12.4 Å². The molecule has 0 N–H and O–H groups in total. The second-order valence-corrected chi connectivity index (χ2v) is 0.167. The summed E-state index contributed by atoms with van der Waals surface area (Å²) < 4.78 is 0. The molecule has 0 fully saturated rings. The topological polar surface area (TPSA) is 17.1 Å². The molecule has 0 aliphatic heterocycles. The van der Waals surface area contributed by atoms with E-state index in [4.69, 9.17) is 4.79 Å². The number of aldehydes is 1. The first-order chi connectivity index (χ1) is 1.41. The molecule has 0 radical (unpaired) electrons. The van der Waals surface area contributed by atoms with Gasteiger partial charge in [-0.15, -0.1) is 0 Å². The van der Waals surface area contributed by atoms with Crippen molar-refractivity contribution in [1.82, 2.24) is 0 Å². The fourth-order valence-corrected chi connectivity index (χ4v) is 0. The van der Waals surface area contributed by atoms with E-state index in [-0.39, 0.29) is 31.9 Å². The van der Waals surface area contributed by atoms with Gasteiger partial charge >= 0.3 is 19.5 Å². The summed E-state index contributed by atoms with van der Waals surface area (Å²) in [6.07, 6.45) is 0.500. The molecule has 0 amide bonds. The molecule has 1 nitrogen and oxygen atoms in total. The molecule has 0 aliphatic carbocycles. The van der Waals surface area contributed by atoms with Crippen molar-refractivity contribution in [1.29, 1.82) is 0 Å². The first-order valence-corrected chi connectivity index (χ1v) is 0.644. The fourth-order valence-electron chi connectivity index (χ4n) is 0. The van der Waals surface area contributed by atoms with Gasteiger partial charge in [-0.05, 0) is 6.29 Å². The number of halogens is 1. The Morgan fingerprint density at radius 3 is 1.60 bits per heavy atom. The third-order valence-electron chi connectivity index (χ3n) is 0. The average molecular weight is 144 g/mol. The molecule has 0 aliphatic rings. The van der Waals surface area contributed by atoms with Crippen molar-refractivity contribution in [2.75, 3.05) is 0 Å². The maximum Gasteiger partial charge on any atom is 2.00 e. The Morgan fingerprint density at radius 1 is 1.60 bits per heavy atom. The second-order valence-electron chi connectivity index (χ2n) is 0.167. The Labute approximate surface area is 50.3 Å². The molecule has 0 unspecified atom stereocenters. The SMILES string of the molecule is [CH2-]C=O.[Cl-].[Zn+2]. The van der Waals surface area contributed by atoms with E-state index >= 15 is 0 Å². The molecule has 0 bridgehead atoms. The standard InChI is InChI=1S/C2H3O.ClH.Zn/c1-2-3;;/h2H,1H2;1H;/q-1;;+2/p-1. The van der Waals surface area contributed by atoms with Crippen LogP contribution in [0, 0.1) is 6.92 Å². The van der Waals surface area contributed by atoms with Gasteiger partial charge < -0.3 is 24.1 Å². The van der Waals surface area contributed by atoms with Crippen LogP contribution in [-0.4, -0.2) is 6.29 Å². The van der Waals surface area contributed by atoms with Gasteiger partial charge in [0.05, 0.1) is 0 Å². The summed E-state index contributed by atoms with van der Waals surface area (Å²) in [6.45, 7) is 2.81. The number of carbonyl (C=O) groups excluding carboxylic acids is 1. The summed E-state index contributed by atoms with van der Waals surface area (Å²) in [5, 5.41) is 0. The molecule has 0 aromatic heterocycles. The zero-order valence-corrected chi connectivity index (χ0v) is 6.50. The Kier molecular flexibility index (Phi) is 90.4. The van der Waals surface area contributed by atoms with Gasteiger partial charge in [0.2, 0.25) is 0 Å². The molecule has 3 heteroatoms. The molecule has 0 saturated heterocycles. The molecular weight excluding hydrogens is 141 g/mol. The van der Waals surface area contributed by atoms with Crippen LogP contribution in [0.4, 0.5) is 0 Å². The molecule has 5 heavy (non-hydrogen) atoms. The largest absolute Gasteiger partial charge is 2.00 e. The van der Waals surface area contributed by atoms with Gasteiger partial charge in [-0.3, -0.25) is 0 Å². The zero-order chi connectivity index (χ0) is 2.71. The van der Waals surface area contributed by atoms with Crippen LogP contribution in [0.15, 0.2) is 0 Å². The molecule has 26 valence electrons. The summed E-state index contributed by atoms with van der Waals surface area (Å²) in [6, 6.07) is 0. The van der Waals surface area contributed by atoms with Crippen LogP contribution in [0.25, 0.3) is 0 Å². The Hall–Kier alpha value is 0.453. The summed E-state index contributed by atoms with van der Waals surface area (Å²) in [5.41, 5.74) is 0. The maximum atomic E-state index is 8.69. The quantitative estimate of drug-likeness (QED) is 0.201. The third-order valence-corrected chi connectivity index (χ3v) is 0. The van der Waals surface area contributed by atoms with Crippen LogP contribution >= 0.6 is 0 Å². The van der Waals surface area contributed by atoms with E-state index in [1.807, 2.05) is 0 Å². The van der Waals surface area contributed by atoms with Gasteiger partial charge in [-0.25, -0.2) is 0 Å². The van der Waals surface area contributed by atoms with Gasteiger partial charge in [0.25, 0.3) is 0 Å². The Balaban J connectivity index is -0.0000000200. The minimum absolute atomic E-state index is 0. The number of hydrogen-bond acceptors (Lipinski definition) is 1. The predicted octanol–water partition coefficient (Wildman–Crippen LogP) is -2.98. The van der Waals surface area contributed by atoms with Gasteiger partial charge in [0.1, 0.15) is 0 Å². The molecule has 0 spiro atoms. The first kappa shape index (κ1) is 18.0. The van der Waals surface area contributed by atoms with Crippen molar-refractivity contribution >= 4 is 6.29 Å². The molecule has 0 atom stereocenters. The number of rotatable bonds is 0. The molecule has 0 rings (SSSR count). The smallest absolute Gasteiger partial charge is 1.00 e. The van der Waals surface area contributed by atoms with Crippen LogP contribution in [-0.2, 0) is 24.3 Å². The third kappa shape index (κ3) is 130. The minimum Gasteiger partial charge on any atom is -1.00 e. The van der Waals surface area contributed by atoms with Gasteiger partial charge in [-0.1, -0.05) is 0 Å². The van der Waals surface area contributed by atoms with Crippen molar-refractivity contribution < 1.29 is 36.7 Å². The Morgan fingerprint density at radius 2 is 1.60 bits per heavy atom. The number of hydrogen-bond donors (Lipinski definition) is 0. The minimum atomic E-state index is 0.